The Morgan fingerprint density at radius 3 is 2.55 bits per heavy atom. The average molecular weight is 643 g/mol. The molecule has 0 aliphatic rings. The lowest BCUT2D eigenvalue weighted by molar-refractivity contribution is -0.116. The Bertz CT molecular complexity index is 1790. The van der Waals surface area contributed by atoms with E-state index in [0.29, 0.717) is 29.4 Å². The van der Waals surface area contributed by atoms with Gasteiger partial charge in [0.1, 0.15) is 11.4 Å². The van der Waals surface area contributed by atoms with Crippen molar-refractivity contribution in [1.82, 2.24) is 10.3 Å². The van der Waals surface area contributed by atoms with Crippen molar-refractivity contribution in [2.24, 2.45) is 0 Å². The number of carbonyl (C=O) groups is 3. The number of carbonyl (C=O) groups excluding carboxylic acids is 3. The normalized spacial score (nSPS) is 12.0. The molecule has 44 heavy (non-hydrogen) atoms. The smallest absolute Gasteiger partial charge is 0.272 e. The largest absolute Gasteiger partial charge is 0.494 e. The van der Waals surface area contributed by atoms with Crippen LogP contribution in [0.3, 0.4) is 0 Å². The lowest BCUT2D eigenvalue weighted by atomic mass is 10.2. The summed E-state index contributed by atoms with van der Waals surface area (Å²) >= 11 is 4.26. The first kappa shape index (κ1) is 31.0. The molecule has 3 aromatic carbocycles. The summed E-state index contributed by atoms with van der Waals surface area (Å²) in [4.78, 5) is 45.6. The molecule has 0 spiro atoms. The van der Waals surface area contributed by atoms with E-state index in [1.165, 1.54) is 34.4 Å². The zero-order valence-electron chi connectivity index (χ0n) is 24.0. The molecule has 5 aromatic rings. The van der Waals surface area contributed by atoms with Gasteiger partial charge in [-0.1, -0.05) is 48.6 Å². The van der Waals surface area contributed by atoms with E-state index >= 15 is 0 Å². The summed E-state index contributed by atoms with van der Waals surface area (Å²) in [6.07, 6.45) is 2.24. The molecule has 0 bridgehead atoms. The summed E-state index contributed by atoms with van der Waals surface area (Å²) in [5, 5.41) is 10.6. The number of hydrogen-bond donors (Lipinski definition) is 3. The summed E-state index contributed by atoms with van der Waals surface area (Å²) in [7, 11) is 0. The number of aromatic nitrogens is 1. The molecule has 8 nitrogen and oxygen atoms in total. The molecule has 1 unspecified atom stereocenters. The van der Waals surface area contributed by atoms with E-state index in [1.54, 1.807) is 36.4 Å². The first-order valence-corrected chi connectivity index (χ1v) is 16.5. The number of hydrogen-bond acceptors (Lipinski definition) is 8. The van der Waals surface area contributed by atoms with Crippen LogP contribution in [0.4, 0.5) is 10.8 Å². The van der Waals surface area contributed by atoms with Gasteiger partial charge in [0.2, 0.25) is 5.91 Å². The van der Waals surface area contributed by atoms with Crippen LogP contribution in [0.15, 0.2) is 101 Å². The molecule has 3 amide bonds. The predicted octanol–water partition coefficient (Wildman–Crippen LogP) is 7.68. The Morgan fingerprint density at radius 1 is 0.955 bits per heavy atom. The van der Waals surface area contributed by atoms with Crippen molar-refractivity contribution in [2.75, 3.05) is 17.2 Å². The Hall–Kier alpha value is -4.45. The third kappa shape index (κ3) is 8.13. The van der Waals surface area contributed by atoms with E-state index in [0.717, 1.165) is 25.7 Å². The number of fused-ring (bicyclic) bond motifs is 1. The molecule has 3 N–H and O–H groups in total. The number of thiazole rings is 1. The van der Waals surface area contributed by atoms with Crippen LogP contribution in [-0.4, -0.2) is 34.6 Å². The lowest BCUT2D eigenvalue weighted by Gasteiger charge is -2.15. The number of nitrogens with zero attached hydrogens (tertiary/aromatic N) is 1. The maximum absolute atomic E-state index is 13.4. The van der Waals surface area contributed by atoms with Crippen LogP contribution >= 0.6 is 34.4 Å². The molecule has 0 radical (unpaired) electrons. The van der Waals surface area contributed by atoms with Gasteiger partial charge in [0.05, 0.1) is 22.1 Å². The van der Waals surface area contributed by atoms with Crippen molar-refractivity contribution >= 4 is 79.3 Å². The maximum atomic E-state index is 13.4. The van der Waals surface area contributed by atoms with Crippen molar-refractivity contribution in [3.8, 4) is 5.75 Å². The van der Waals surface area contributed by atoms with Gasteiger partial charge in [0, 0.05) is 21.0 Å². The first-order valence-electron chi connectivity index (χ1n) is 14.0. The number of anilines is 2. The third-order valence-corrected chi connectivity index (χ3v) is 9.40. The SMILES string of the molecule is CCOc1ccc2nc(NC(=O)C(CC)Sc3cccc(NC(=O)/C(=C/c4cccs4)NC(=O)c4ccccc4)c3)sc2c1. The fourth-order valence-electron chi connectivity index (χ4n) is 4.19. The fraction of sp³-hybridized carbons (Fsp3) is 0.152. The molecular formula is C33H30N4O4S3. The van der Waals surface area contributed by atoms with Crippen LogP contribution in [0.1, 0.15) is 35.5 Å². The number of nitrogens with one attached hydrogen (secondary N) is 3. The Labute approximate surface area is 267 Å². The minimum Gasteiger partial charge on any atom is -0.494 e. The van der Waals surface area contributed by atoms with E-state index in [2.05, 4.69) is 20.9 Å². The molecule has 11 heteroatoms. The lowest BCUT2D eigenvalue weighted by Crippen LogP contribution is -2.30. The van der Waals surface area contributed by atoms with Gasteiger partial charge in [-0.25, -0.2) is 4.98 Å². The fourth-order valence-corrected chi connectivity index (χ4v) is 6.76. The van der Waals surface area contributed by atoms with Crippen LogP contribution in [0, 0.1) is 0 Å². The third-order valence-electron chi connectivity index (χ3n) is 6.29. The highest BCUT2D eigenvalue weighted by atomic mass is 32.2. The zero-order chi connectivity index (χ0) is 30.9. The van der Waals surface area contributed by atoms with E-state index in [9.17, 15) is 14.4 Å². The summed E-state index contributed by atoms with van der Waals surface area (Å²) in [5.74, 6) is -0.227. The summed E-state index contributed by atoms with van der Waals surface area (Å²) in [6, 6.07) is 25.4. The Balaban J connectivity index is 1.26. The van der Waals surface area contributed by atoms with Crippen LogP contribution < -0.4 is 20.7 Å². The molecule has 2 heterocycles. The molecule has 0 fully saturated rings. The highest BCUT2D eigenvalue weighted by Gasteiger charge is 2.21. The first-order chi connectivity index (χ1) is 21.4. The summed E-state index contributed by atoms with van der Waals surface area (Å²) in [5.41, 5.74) is 1.90. The molecule has 0 saturated carbocycles. The molecular weight excluding hydrogens is 613 g/mol. The number of ether oxygens (including phenoxy) is 1. The molecule has 224 valence electrons. The number of thioether (sulfide) groups is 1. The van der Waals surface area contributed by atoms with Crippen molar-refractivity contribution < 1.29 is 19.1 Å². The van der Waals surface area contributed by atoms with Gasteiger partial charge in [-0.2, -0.15) is 0 Å². The van der Waals surface area contributed by atoms with Crippen molar-refractivity contribution in [3.05, 3.63) is 106 Å². The van der Waals surface area contributed by atoms with Crippen molar-refractivity contribution in [1.29, 1.82) is 0 Å². The second kappa shape index (κ2) is 14.8. The van der Waals surface area contributed by atoms with Crippen LogP contribution in [0.25, 0.3) is 16.3 Å². The number of thiophene rings is 1. The van der Waals surface area contributed by atoms with Crippen LogP contribution in [0.2, 0.25) is 0 Å². The molecule has 2 aromatic heterocycles. The number of amides is 3. The van der Waals surface area contributed by atoms with E-state index in [-0.39, 0.29) is 22.8 Å². The van der Waals surface area contributed by atoms with Gasteiger partial charge >= 0.3 is 0 Å². The van der Waals surface area contributed by atoms with Crippen molar-refractivity contribution in [3.63, 3.8) is 0 Å². The number of rotatable bonds is 12. The standard InChI is InChI=1S/C33H30N4O4S3/c1-3-28(32(40)37-33-36-26-16-15-23(41-4-2)19-29(26)44-33)43-25-13-8-12-22(18-25)34-31(39)27(20-24-14-9-17-42-24)35-30(38)21-10-6-5-7-11-21/h5-20,28H,3-4H2,1-2H3,(H,34,39)(H,35,38)(H,36,37,40)/b27-20-. The molecule has 0 saturated heterocycles. The monoisotopic (exact) mass is 642 g/mol. The van der Waals surface area contributed by atoms with Crippen LogP contribution in [0.5, 0.6) is 5.75 Å². The zero-order valence-corrected chi connectivity index (χ0v) is 26.5. The van der Waals surface area contributed by atoms with E-state index < -0.39 is 5.91 Å². The summed E-state index contributed by atoms with van der Waals surface area (Å²) in [6.45, 7) is 4.46. The quantitative estimate of drug-likeness (QED) is 0.0952. The summed E-state index contributed by atoms with van der Waals surface area (Å²) < 4.78 is 6.51. The number of benzene rings is 3. The topological polar surface area (TPSA) is 109 Å². The molecule has 0 aliphatic carbocycles. The molecule has 1 atom stereocenters. The van der Waals surface area contributed by atoms with Gasteiger partial charge in [-0.3, -0.25) is 14.4 Å². The Kier molecular flexibility index (Phi) is 10.4. The van der Waals surface area contributed by atoms with Gasteiger partial charge in [-0.15, -0.1) is 23.1 Å². The molecule has 0 aliphatic heterocycles. The highest BCUT2D eigenvalue weighted by molar-refractivity contribution is 8.00. The maximum Gasteiger partial charge on any atom is 0.272 e. The second-order valence-electron chi connectivity index (χ2n) is 9.46. The van der Waals surface area contributed by atoms with E-state index in [1.807, 2.05) is 73.8 Å². The molecule has 5 rings (SSSR count). The Morgan fingerprint density at radius 2 is 1.80 bits per heavy atom. The van der Waals surface area contributed by atoms with Gasteiger partial charge in [-0.05, 0) is 79.4 Å². The van der Waals surface area contributed by atoms with Gasteiger partial charge < -0.3 is 20.7 Å². The average Bonchev–Trinajstić information content (AvgIpc) is 3.69. The van der Waals surface area contributed by atoms with Crippen molar-refractivity contribution in [2.45, 2.75) is 30.4 Å². The van der Waals surface area contributed by atoms with Gasteiger partial charge in [0.15, 0.2) is 5.13 Å². The minimum atomic E-state index is -0.460. The van der Waals surface area contributed by atoms with Gasteiger partial charge in [0.25, 0.3) is 11.8 Å². The van der Waals surface area contributed by atoms with E-state index in [4.69, 9.17) is 4.74 Å². The predicted molar refractivity (Wildman–Crippen MR) is 181 cm³/mol. The van der Waals surface area contributed by atoms with Crippen LogP contribution in [-0.2, 0) is 9.59 Å². The minimum absolute atomic E-state index is 0.120. The highest BCUT2D eigenvalue weighted by Crippen LogP contribution is 2.32. The second-order valence-corrected chi connectivity index (χ2v) is 12.7.